The third-order valence-corrected chi connectivity index (χ3v) is 6.16. The lowest BCUT2D eigenvalue weighted by atomic mass is 9.98. The molecule has 29 heavy (non-hydrogen) atoms. The van der Waals surface area contributed by atoms with Crippen LogP contribution >= 0.6 is 15.9 Å². The summed E-state index contributed by atoms with van der Waals surface area (Å²) in [6.45, 7) is 1.77. The van der Waals surface area contributed by atoms with Gasteiger partial charge in [0.2, 0.25) is 5.91 Å². The Labute approximate surface area is 179 Å². The molecular weight excluding hydrogens is 430 g/mol. The Bertz CT molecular complexity index is 1060. The summed E-state index contributed by atoms with van der Waals surface area (Å²) in [5.74, 6) is 0.414. The van der Waals surface area contributed by atoms with E-state index in [2.05, 4.69) is 34.3 Å². The molecule has 3 aromatic rings. The molecule has 0 N–H and O–H groups in total. The molecule has 0 saturated carbocycles. The van der Waals surface area contributed by atoms with Crippen molar-refractivity contribution in [2.45, 2.75) is 18.9 Å². The molecule has 1 saturated heterocycles. The molecule has 2 aromatic carbocycles. The molecule has 2 heterocycles. The first-order valence-corrected chi connectivity index (χ1v) is 10.6. The van der Waals surface area contributed by atoms with Crippen LogP contribution in [0.25, 0.3) is 10.9 Å². The van der Waals surface area contributed by atoms with Crippen LogP contribution in [0.5, 0.6) is 0 Å². The number of likely N-dealkylation sites (N-methyl/N-ethyl adjacent to an activating group) is 1. The Balaban J connectivity index is 1.58. The van der Waals surface area contributed by atoms with Gasteiger partial charge < -0.3 is 14.4 Å². The van der Waals surface area contributed by atoms with Gasteiger partial charge in [-0.15, -0.1) is 0 Å². The second-order valence-corrected chi connectivity index (χ2v) is 8.68. The van der Waals surface area contributed by atoms with Crippen LogP contribution in [0.15, 0.2) is 59.2 Å². The average molecular weight is 454 g/mol. The van der Waals surface area contributed by atoms with Gasteiger partial charge in [-0.25, -0.2) is 0 Å². The summed E-state index contributed by atoms with van der Waals surface area (Å²) in [5, 5.41) is 1.17. The maximum absolute atomic E-state index is 12.9. The fourth-order valence-corrected chi connectivity index (χ4v) is 4.26. The summed E-state index contributed by atoms with van der Waals surface area (Å²) >= 11 is 3.42. The first kappa shape index (κ1) is 19.7. The molecule has 2 amide bonds. The van der Waals surface area contributed by atoms with Gasteiger partial charge in [-0.3, -0.25) is 9.59 Å². The van der Waals surface area contributed by atoms with Crippen LogP contribution in [0, 0.1) is 0 Å². The van der Waals surface area contributed by atoms with Crippen molar-refractivity contribution in [3.05, 3.63) is 70.3 Å². The number of carbonyl (C=O) groups excluding carboxylic acids is 2. The first-order chi connectivity index (χ1) is 13.9. The minimum Gasteiger partial charge on any atom is -0.347 e. The number of hydrogen-bond acceptors (Lipinski definition) is 2. The van der Waals surface area contributed by atoms with E-state index in [0.717, 1.165) is 23.0 Å². The van der Waals surface area contributed by atoms with E-state index in [-0.39, 0.29) is 17.7 Å². The largest absolute Gasteiger partial charge is 0.347 e. The molecule has 4 rings (SSSR count). The molecule has 0 aliphatic carbocycles. The molecule has 0 radical (unpaired) electrons. The van der Waals surface area contributed by atoms with Crippen LogP contribution in [0.4, 0.5) is 0 Å². The number of rotatable bonds is 4. The van der Waals surface area contributed by atoms with E-state index in [4.69, 9.17) is 0 Å². The Morgan fingerprint density at radius 3 is 2.55 bits per heavy atom. The summed E-state index contributed by atoms with van der Waals surface area (Å²) < 4.78 is 3.00. The van der Waals surface area contributed by atoms with Gasteiger partial charge in [0.1, 0.15) is 6.54 Å². The Kier molecular flexibility index (Phi) is 5.46. The number of benzene rings is 2. The Morgan fingerprint density at radius 2 is 1.83 bits per heavy atom. The van der Waals surface area contributed by atoms with Crippen molar-refractivity contribution in [3.63, 3.8) is 0 Å². The fraction of sp³-hybridized carbons (Fsp3) is 0.304. The zero-order chi connectivity index (χ0) is 20.5. The van der Waals surface area contributed by atoms with Gasteiger partial charge in [0.25, 0.3) is 5.91 Å². The predicted molar refractivity (Wildman–Crippen MR) is 118 cm³/mol. The quantitative estimate of drug-likeness (QED) is 0.596. The van der Waals surface area contributed by atoms with Gasteiger partial charge >= 0.3 is 0 Å². The van der Waals surface area contributed by atoms with Crippen LogP contribution in [0.3, 0.4) is 0 Å². The molecule has 0 spiro atoms. The second-order valence-electron chi connectivity index (χ2n) is 7.76. The fourth-order valence-electron chi connectivity index (χ4n) is 3.99. The second kappa shape index (κ2) is 8.03. The van der Waals surface area contributed by atoms with Gasteiger partial charge in [-0.1, -0.05) is 34.1 Å². The highest BCUT2D eigenvalue weighted by Gasteiger charge is 2.30. The number of amides is 2. The van der Waals surface area contributed by atoms with E-state index in [0.29, 0.717) is 18.7 Å². The van der Waals surface area contributed by atoms with Crippen LogP contribution in [-0.4, -0.2) is 53.4 Å². The van der Waals surface area contributed by atoms with Crippen molar-refractivity contribution >= 4 is 38.6 Å². The summed E-state index contributed by atoms with van der Waals surface area (Å²) in [6.07, 6.45) is 3.03. The topological polar surface area (TPSA) is 45.6 Å². The molecule has 1 aromatic heterocycles. The van der Waals surface area contributed by atoms with E-state index in [1.165, 1.54) is 10.9 Å². The Hall–Kier alpha value is -2.60. The number of likely N-dealkylation sites (tertiary alicyclic amines) is 1. The molecule has 150 valence electrons. The lowest BCUT2D eigenvalue weighted by Crippen LogP contribution is -2.28. The number of fused-ring (bicyclic) bond motifs is 1. The molecule has 0 bridgehead atoms. The number of halogens is 1. The van der Waals surface area contributed by atoms with Crippen LogP contribution < -0.4 is 0 Å². The molecular formula is C23H24BrN3O2. The number of carbonyl (C=O) groups is 2. The summed E-state index contributed by atoms with van der Waals surface area (Å²) in [7, 11) is 3.55. The lowest BCUT2D eigenvalue weighted by molar-refractivity contribution is -0.129. The number of para-hydroxylation sites is 1. The smallest absolute Gasteiger partial charge is 0.253 e. The monoisotopic (exact) mass is 453 g/mol. The van der Waals surface area contributed by atoms with E-state index in [1.807, 2.05) is 45.9 Å². The normalized spacial score (nSPS) is 16.4. The van der Waals surface area contributed by atoms with E-state index in [9.17, 15) is 9.59 Å². The number of hydrogen-bond donors (Lipinski definition) is 0. The molecule has 1 fully saturated rings. The lowest BCUT2D eigenvalue weighted by Gasteiger charge is -2.16. The molecule has 1 atom stereocenters. The maximum atomic E-state index is 12.9. The van der Waals surface area contributed by atoms with Crippen LogP contribution in [0.2, 0.25) is 0 Å². The highest BCUT2D eigenvalue weighted by molar-refractivity contribution is 9.10. The minimum atomic E-state index is 0.0655. The van der Waals surface area contributed by atoms with Crippen LogP contribution in [-0.2, 0) is 11.3 Å². The van der Waals surface area contributed by atoms with Gasteiger partial charge in [0.15, 0.2) is 0 Å². The van der Waals surface area contributed by atoms with Crippen molar-refractivity contribution in [2.24, 2.45) is 0 Å². The van der Waals surface area contributed by atoms with E-state index >= 15 is 0 Å². The van der Waals surface area contributed by atoms with Gasteiger partial charge in [-0.2, -0.15) is 0 Å². The summed E-state index contributed by atoms with van der Waals surface area (Å²) in [6, 6.07) is 15.7. The zero-order valence-corrected chi connectivity index (χ0v) is 18.2. The highest BCUT2D eigenvalue weighted by Crippen LogP contribution is 2.34. The Morgan fingerprint density at radius 1 is 1.10 bits per heavy atom. The predicted octanol–water partition coefficient (Wildman–Crippen LogP) is 4.12. The SMILES string of the molecule is CN(C)C(=O)Cn1cc(C2CCN(C(=O)c3ccc(Br)cc3)C2)c2ccccc21. The summed E-state index contributed by atoms with van der Waals surface area (Å²) in [5.41, 5.74) is 3.00. The zero-order valence-electron chi connectivity index (χ0n) is 16.6. The molecule has 1 unspecified atom stereocenters. The maximum Gasteiger partial charge on any atom is 0.253 e. The average Bonchev–Trinajstić information content (AvgIpc) is 3.33. The minimum absolute atomic E-state index is 0.0655. The number of nitrogens with zero attached hydrogens (tertiary/aromatic N) is 3. The van der Waals surface area contributed by atoms with Gasteiger partial charge in [0, 0.05) is 60.2 Å². The summed E-state index contributed by atoms with van der Waals surface area (Å²) in [4.78, 5) is 28.7. The van der Waals surface area contributed by atoms with Crippen molar-refractivity contribution < 1.29 is 9.59 Å². The molecule has 6 heteroatoms. The molecule has 1 aliphatic rings. The van der Waals surface area contributed by atoms with Crippen molar-refractivity contribution in [1.29, 1.82) is 0 Å². The van der Waals surface area contributed by atoms with Gasteiger partial charge in [0.05, 0.1) is 0 Å². The number of aromatic nitrogens is 1. The van der Waals surface area contributed by atoms with E-state index in [1.54, 1.807) is 19.0 Å². The third-order valence-electron chi connectivity index (χ3n) is 5.63. The molecule has 5 nitrogen and oxygen atoms in total. The van der Waals surface area contributed by atoms with Crippen molar-refractivity contribution in [3.8, 4) is 0 Å². The van der Waals surface area contributed by atoms with Crippen LogP contribution in [0.1, 0.15) is 28.3 Å². The van der Waals surface area contributed by atoms with Crippen molar-refractivity contribution in [1.82, 2.24) is 14.4 Å². The molecule has 1 aliphatic heterocycles. The highest BCUT2D eigenvalue weighted by atomic mass is 79.9. The first-order valence-electron chi connectivity index (χ1n) is 9.77. The standard InChI is InChI=1S/C23H24BrN3O2/c1-25(2)22(28)15-27-14-20(19-5-3-4-6-21(19)27)17-11-12-26(13-17)23(29)16-7-9-18(24)10-8-16/h3-10,14,17H,11-13,15H2,1-2H3. The third kappa shape index (κ3) is 3.94. The van der Waals surface area contributed by atoms with Crippen molar-refractivity contribution in [2.75, 3.05) is 27.2 Å². The van der Waals surface area contributed by atoms with E-state index < -0.39 is 0 Å². The van der Waals surface area contributed by atoms with Gasteiger partial charge in [-0.05, 0) is 42.3 Å².